The van der Waals surface area contributed by atoms with Gasteiger partial charge in [-0.1, -0.05) is 17.2 Å². The zero-order chi connectivity index (χ0) is 10.1. The molecule has 0 bridgehead atoms. The lowest BCUT2D eigenvalue weighted by molar-refractivity contribution is 0.907. The minimum Gasteiger partial charge on any atom is -0.313 e. The summed E-state index contributed by atoms with van der Waals surface area (Å²) in [5.41, 5.74) is 5.45. The van der Waals surface area contributed by atoms with Gasteiger partial charge >= 0.3 is 0 Å². The fourth-order valence-corrected chi connectivity index (χ4v) is 0.911. The Kier molecular flexibility index (Phi) is 6.98. The van der Waals surface area contributed by atoms with Gasteiger partial charge in [0, 0.05) is 13.3 Å². The summed E-state index contributed by atoms with van der Waals surface area (Å²) in [6.07, 6.45) is 8.32. The van der Waals surface area contributed by atoms with E-state index in [1.165, 1.54) is 11.1 Å². The third-order valence-electron chi connectivity index (χ3n) is 1.65. The van der Waals surface area contributed by atoms with Gasteiger partial charge in [-0.15, -0.1) is 0 Å². The van der Waals surface area contributed by atoms with Crippen molar-refractivity contribution in [3.8, 4) is 0 Å². The zero-order valence-corrected chi connectivity index (χ0v) is 9.09. The molecule has 0 aromatic heterocycles. The van der Waals surface area contributed by atoms with Crippen molar-refractivity contribution in [2.45, 2.75) is 33.6 Å². The van der Waals surface area contributed by atoms with Crippen molar-refractivity contribution in [3.63, 3.8) is 0 Å². The Morgan fingerprint density at radius 3 is 2.54 bits per heavy atom. The predicted octanol–water partition coefficient (Wildman–Crippen LogP) is 2.88. The SMILES string of the molecule is CN/N=C/C=C(\C)CCC=C(C)C. The van der Waals surface area contributed by atoms with E-state index in [9.17, 15) is 0 Å². The fourth-order valence-electron chi connectivity index (χ4n) is 0.911. The molecular formula is C11H20N2. The maximum Gasteiger partial charge on any atom is 0.0467 e. The van der Waals surface area contributed by atoms with Crippen molar-refractivity contribution in [3.05, 3.63) is 23.3 Å². The van der Waals surface area contributed by atoms with E-state index in [1.54, 1.807) is 13.3 Å². The molecule has 0 spiro atoms. The third kappa shape index (κ3) is 8.86. The van der Waals surface area contributed by atoms with Crippen molar-refractivity contribution >= 4 is 6.21 Å². The molecule has 0 radical (unpaired) electrons. The standard InChI is InChI=1S/C11H20N2/c1-10(2)6-5-7-11(3)8-9-13-12-4/h6,8-9,12H,5,7H2,1-4H3/b11-8+,13-9+. The topological polar surface area (TPSA) is 24.4 Å². The van der Waals surface area contributed by atoms with Crippen LogP contribution in [-0.4, -0.2) is 13.3 Å². The van der Waals surface area contributed by atoms with E-state index in [2.05, 4.69) is 37.4 Å². The normalized spacial score (nSPS) is 11.8. The molecule has 0 amide bonds. The molecule has 2 heteroatoms. The third-order valence-corrected chi connectivity index (χ3v) is 1.65. The molecular weight excluding hydrogens is 160 g/mol. The highest BCUT2D eigenvalue weighted by molar-refractivity contribution is 5.71. The number of nitrogens with zero attached hydrogens (tertiary/aromatic N) is 1. The Balaban J connectivity index is 3.73. The molecule has 0 aliphatic rings. The Morgan fingerprint density at radius 1 is 1.31 bits per heavy atom. The Morgan fingerprint density at radius 2 is 2.00 bits per heavy atom. The van der Waals surface area contributed by atoms with E-state index >= 15 is 0 Å². The molecule has 0 heterocycles. The second-order valence-corrected chi connectivity index (χ2v) is 3.33. The number of hydrogen-bond acceptors (Lipinski definition) is 2. The van der Waals surface area contributed by atoms with Crippen LogP contribution in [0.4, 0.5) is 0 Å². The highest BCUT2D eigenvalue weighted by atomic mass is 15.3. The lowest BCUT2D eigenvalue weighted by Crippen LogP contribution is -1.92. The van der Waals surface area contributed by atoms with Crippen molar-refractivity contribution < 1.29 is 0 Å². The summed E-state index contributed by atoms with van der Waals surface area (Å²) in [5, 5.41) is 3.89. The Bertz CT molecular complexity index is 208. The molecule has 0 rings (SSSR count). The van der Waals surface area contributed by atoms with Gasteiger partial charge in [-0.3, -0.25) is 0 Å². The molecule has 13 heavy (non-hydrogen) atoms. The van der Waals surface area contributed by atoms with E-state index in [-0.39, 0.29) is 0 Å². The fraction of sp³-hybridized carbons (Fsp3) is 0.545. The summed E-state index contributed by atoms with van der Waals surface area (Å²) in [6, 6.07) is 0. The molecule has 0 unspecified atom stereocenters. The van der Waals surface area contributed by atoms with Gasteiger partial charge in [-0.05, 0) is 39.7 Å². The van der Waals surface area contributed by atoms with Gasteiger partial charge in [0.05, 0.1) is 0 Å². The maximum atomic E-state index is 3.89. The van der Waals surface area contributed by atoms with Crippen LogP contribution in [0.25, 0.3) is 0 Å². The summed E-state index contributed by atoms with van der Waals surface area (Å²) in [7, 11) is 1.79. The van der Waals surface area contributed by atoms with Crippen LogP contribution in [0.5, 0.6) is 0 Å². The van der Waals surface area contributed by atoms with Crippen molar-refractivity contribution in [2.75, 3.05) is 7.05 Å². The second-order valence-electron chi connectivity index (χ2n) is 3.33. The van der Waals surface area contributed by atoms with E-state index in [4.69, 9.17) is 0 Å². The molecule has 0 atom stereocenters. The van der Waals surface area contributed by atoms with Gasteiger partial charge in [0.1, 0.15) is 0 Å². The van der Waals surface area contributed by atoms with Crippen molar-refractivity contribution in [1.82, 2.24) is 5.43 Å². The van der Waals surface area contributed by atoms with Crippen LogP contribution in [-0.2, 0) is 0 Å². The summed E-state index contributed by atoms with van der Waals surface area (Å²) in [6.45, 7) is 6.38. The molecule has 0 fully saturated rings. The van der Waals surface area contributed by atoms with Crippen LogP contribution in [0.15, 0.2) is 28.4 Å². The van der Waals surface area contributed by atoms with Crippen LogP contribution in [0.2, 0.25) is 0 Å². The number of rotatable bonds is 5. The number of hydrazone groups is 1. The molecule has 1 N–H and O–H groups in total. The van der Waals surface area contributed by atoms with Gasteiger partial charge in [0.15, 0.2) is 0 Å². The number of allylic oxidation sites excluding steroid dienone is 4. The molecule has 0 saturated heterocycles. The first-order valence-corrected chi connectivity index (χ1v) is 4.65. The first-order chi connectivity index (χ1) is 6.16. The van der Waals surface area contributed by atoms with E-state index in [1.807, 2.05) is 6.08 Å². The van der Waals surface area contributed by atoms with E-state index in [0.717, 1.165) is 12.8 Å². The summed E-state index contributed by atoms with van der Waals surface area (Å²) < 4.78 is 0. The molecule has 0 aliphatic carbocycles. The first kappa shape index (κ1) is 11.9. The first-order valence-electron chi connectivity index (χ1n) is 4.65. The lowest BCUT2D eigenvalue weighted by Gasteiger charge is -1.96. The molecule has 2 nitrogen and oxygen atoms in total. The second kappa shape index (κ2) is 7.59. The smallest absolute Gasteiger partial charge is 0.0467 e. The summed E-state index contributed by atoms with van der Waals surface area (Å²) in [5.74, 6) is 0. The minimum absolute atomic E-state index is 1.11. The molecule has 74 valence electrons. The monoisotopic (exact) mass is 180 g/mol. The largest absolute Gasteiger partial charge is 0.313 e. The van der Waals surface area contributed by atoms with Crippen LogP contribution in [0, 0.1) is 0 Å². The highest BCUT2D eigenvalue weighted by Gasteiger charge is 1.86. The van der Waals surface area contributed by atoms with Gasteiger partial charge in [0.2, 0.25) is 0 Å². The summed E-state index contributed by atoms with van der Waals surface area (Å²) >= 11 is 0. The van der Waals surface area contributed by atoms with Crippen LogP contribution < -0.4 is 5.43 Å². The molecule has 0 aromatic carbocycles. The molecule has 0 aliphatic heterocycles. The van der Waals surface area contributed by atoms with Gasteiger partial charge < -0.3 is 5.43 Å². The molecule has 0 saturated carbocycles. The van der Waals surface area contributed by atoms with Gasteiger partial charge in [-0.2, -0.15) is 5.10 Å². The van der Waals surface area contributed by atoms with E-state index in [0.29, 0.717) is 0 Å². The summed E-state index contributed by atoms with van der Waals surface area (Å²) in [4.78, 5) is 0. The van der Waals surface area contributed by atoms with Crippen LogP contribution in [0.3, 0.4) is 0 Å². The van der Waals surface area contributed by atoms with Gasteiger partial charge in [0.25, 0.3) is 0 Å². The average Bonchev–Trinajstić information content (AvgIpc) is 2.04. The number of nitrogens with one attached hydrogen (secondary N) is 1. The quantitative estimate of drug-likeness (QED) is 0.392. The van der Waals surface area contributed by atoms with Crippen LogP contribution in [0.1, 0.15) is 33.6 Å². The van der Waals surface area contributed by atoms with Gasteiger partial charge in [-0.25, -0.2) is 0 Å². The predicted molar refractivity (Wildman–Crippen MR) is 60.0 cm³/mol. The van der Waals surface area contributed by atoms with Crippen LogP contribution >= 0.6 is 0 Å². The van der Waals surface area contributed by atoms with Crippen molar-refractivity contribution in [2.24, 2.45) is 5.10 Å². The lowest BCUT2D eigenvalue weighted by atomic mass is 10.1. The Hall–Kier alpha value is -1.05. The zero-order valence-electron chi connectivity index (χ0n) is 9.09. The van der Waals surface area contributed by atoms with E-state index < -0.39 is 0 Å². The van der Waals surface area contributed by atoms with Crippen molar-refractivity contribution in [1.29, 1.82) is 0 Å². The minimum atomic E-state index is 1.11. The highest BCUT2D eigenvalue weighted by Crippen LogP contribution is 2.05. The number of hydrogen-bond donors (Lipinski definition) is 1. The Labute approximate surface area is 81.4 Å². The average molecular weight is 180 g/mol. The molecule has 0 aromatic rings. The maximum absolute atomic E-state index is 3.89.